The summed E-state index contributed by atoms with van der Waals surface area (Å²) in [6, 6.07) is 16.1. The molecule has 0 saturated carbocycles. The van der Waals surface area contributed by atoms with Gasteiger partial charge in [-0.3, -0.25) is 19.2 Å². The Balaban J connectivity index is 1.68. The van der Waals surface area contributed by atoms with Gasteiger partial charge in [0.2, 0.25) is 11.8 Å². The average Bonchev–Trinajstić information content (AvgIpc) is 2.83. The minimum atomic E-state index is -4.02. The van der Waals surface area contributed by atoms with Crippen molar-refractivity contribution in [2.75, 3.05) is 10.6 Å². The smallest absolute Gasteiger partial charge is 0.264 e. The van der Waals surface area contributed by atoms with E-state index in [1.54, 1.807) is 0 Å². The molecule has 0 bridgehead atoms. The minimum Gasteiger partial charge on any atom is -0.322 e. The molecule has 4 amide bonds. The fraction of sp³-hybridized carbons (Fsp3) is 0.0833. The van der Waals surface area contributed by atoms with Crippen molar-refractivity contribution in [3.63, 3.8) is 0 Å². The maximum atomic E-state index is 12.7. The largest absolute Gasteiger partial charge is 0.322 e. The molecule has 12 nitrogen and oxygen atoms in total. The van der Waals surface area contributed by atoms with Crippen molar-refractivity contribution < 1.29 is 36.0 Å². The van der Waals surface area contributed by atoms with Gasteiger partial charge in [0, 0.05) is 36.3 Å². The Morgan fingerprint density at radius 1 is 0.553 bits per heavy atom. The van der Waals surface area contributed by atoms with Gasteiger partial charge in [-0.1, -0.05) is 6.07 Å². The quantitative estimate of drug-likeness (QED) is 0.323. The molecule has 0 aliphatic rings. The summed E-state index contributed by atoms with van der Waals surface area (Å²) in [6.45, 7) is 2.14. The van der Waals surface area contributed by atoms with Gasteiger partial charge in [-0.05, 0) is 66.7 Å². The van der Waals surface area contributed by atoms with Crippen LogP contribution >= 0.6 is 0 Å². The molecule has 0 saturated heterocycles. The van der Waals surface area contributed by atoms with Gasteiger partial charge in [-0.2, -0.15) is 0 Å². The van der Waals surface area contributed by atoms with Crippen LogP contribution in [0.25, 0.3) is 0 Å². The second-order valence-electron chi connectivity index (χ2n) is 7.86. The van der Waals surface area contributed by atoms with Crippen LogP contribution in [0.2, 0.25) is 0 Å². The molecule has 0 radical (unpaired) electrons. The summed E-state index contributed by atoms with van der Waals surface area (Å²) in [4.78, 5) is 47.1. The van der Waals surface area contributed by atoms with E-state index in [0.717, 1.165) is 13.8 Å². The monoisotopic (exact) mass is 558 g/mol. The van der Waals surface area contributed by atoms with Crippen LogP contribution in [0.4, 0.5) is 11.4 Å². The molecule has 0 aliphatic carbocycles. The third-order valence-corrected chi connectivity index (χ3v) is 7.69. The highest BCUT2D eigenvalue weighted by Gasteiger charge is 2.17. The molecule has 0 atom stereocenters. The summed E-state index contributed by atoms with van der Waals surface area (Å²) in [5.74, 6) is -2.61. The second kappa shape index (κ2) is 11.2. The van der Waals surface area contributed by atoms with Crippen molar-refractivity contribution in [2.24, 2.45) is 0 Å². The number of hydrogen-bond donors (Lipinski definition) is 4. The number of amides is 4. The highest BCUT2D eigenvalue weighted by molar-refractivity contribution is 7.90. The van der Waals surface area contributed by atoms with E-state index >= 15 is 0 Å². The highest BCUT2D eigenvalue weighted by atomic mass is 32.2. The van der Waals surface area contributed by atoms with E-state index < -0.39 is 43.7 Å². The van der Waals surface area contributed by atoms with Crippen molar-refractivity contribution in [2.45, 2.75) is 23.6 Å². The fourth-order valence-electron chi connectivity index (χ4n) is 3.14. The van der Waals surface area contributed by atoms with Gasteiger partial charge in [-0.15, -0.1) is 0 Å². The Morgan fingerprint density at radius 3 is 1.21 bits per heavy atom. The first kappa shape index (κ1) is 28.0. The van der Waals surface area contributed by atoms with Crippen LogP contribution < -0.4 is 20.1 Å². The number of rotatable bonds is 8. The van der Waals surface area contributed by atoms with Gasteiger partial charge >= 0.3 is 0 Å². The lowest BCUT2D eigenvalue weighted by Crippen LogP contribution is -2.28. The Labute approximate surface area is 218 Å². The Bertz CT molecular complexity index is 1500. The van der Waals surface area contributed by atoms with Crippen molar-refractivity contribution in [3.05, 3.63) is 83.9 Å². The van der Waals surface area contributed by atoms with Crippen LogP contribution in [0.5, 0.6) is 0 Å². The molecule has 38 heavy (non-hydrogen) atoms. The molecule has 4 N–H and O–H groups in total. The van der Waals surface area contributed by atoms with Gasteiger partial charge < -0.3 is 10.6 Å². The number of carbonyl (C=O) groups is 4. The fourth-order valence-corrected chi connectivity index (χ4v) is 5.12. The lowest BCUT2D eigenvalue weighted by molar-refractivity contribution is -0.118. The molecule has 3 aromatic rings. The van der Waals surface area contributed by atoms with Crippen molar-refractivity contribution in [1.29, 1.82) is 0 Å². The summed E-state index contributed by atoms with van der Waals surface area (Å²) in [6.07, 6.45) is 0. The number of anilines is 2. The molecular weight excluding hydrogens is 536 g/mol. The summed E-state index contributed by atoms with van der Waals surface area (Å²) >= 11 is 0. The van der Waals surface area contributed by atoms with Crippen LogP contribution in [0.1, 0.15) is 34.6 Å². The molecule has 14 heteroatoms. The predicted molar refractivity (Wildman–Crippen MR) is 137 cm³/mol. The third kappa shape index (κ3) is 7.24. The molecule has 198 valence electrons. The van der Waals surface area contributed by atoms with E-state index in [-0.39, 0.29) is 32.3 Å². The zero-order valence-corrected chi connectivity index (χ0v) is 21.6. The van der Waals surface area contributed by atoms with Gasteiger partial charge in [-0.25, -0.2) is 26.3 Å². The first-order valence-electron chi connectivity index (χ1n) is 10.8. The minimum absolute atomic E-state index is 0.143. The molecule has 0 heterocycles. The molecule has 0 aliphatic heterocycles. The number of nitrogens with one attached hydrogen (secondary N) is 4. The van der Waals surface area contributed by atoms with E-state index in [4.69, 9.17) is 0 Å². The Morgan fingerprint density at radius 2 is 0.895 bits per heavy atom. The lowest BCUT2D eigenvalue weighted by atomic mass is 10.1. The maximum Gasteiger partial charge on any atom is 0.264 e. The van der Waals surface area contributed by atoms with Crippen molar-refractivity contribution in [1.82, 2.24) is 9.44 Å². The summed E-state index contributed by atoms with van der Waals surface area (Å²) in [5, 5.41) is 5.18. The van der Waals surface area contributed by atoms with Crippen LogP contribution in [0, 0.1) is 0 Å². The first-order chi connectivity index (χ1) is 17.8. The van der Waals surface area contributed by atoms with Crippen molar-refractivity contribution in [3.8, 4) is 0 Å². The van der Waals surface area contributed by atoms with Crippen LogP contribution in [-0.4, -0.2) is 40.5 Å². The van der Waals surface area contributed by atoms with Crippen LogP contribution in [0.15, 0.2) is 82.6 Å². The normalized spacial score (nSPS) is 11.2. The van der Waals surface area contributed by atoms with Crippen LogP contribution in [-0.2, 0) is 29.6 Å². The number of benzene rings is 3. The third-order valence-electron chi connectivity index (χ3n) is 4.79. The standard InChI is InChI=1S/C24H22N4O8S2/c1-15(29)27-37(33,34)21-10-6-19(7-11-21)25-23(31)17-4-3-5-18(14-17)24(32)26-20-8-12-22(13-9-20)38(35,36)28-16(2)30/h3-14H,1-2H3,(H,25,31)(H,26,32)(H,27,29)(H,28,30). The molecule has 0 unspecified atom stereocenters. The molecule has 0 spiro atoms. The van der Waals surface area contributed by atoms with E-state index in [0.29, 0.717) is 0 Å². The zero-order chi connectivity index (χ0) is 28.1. The summed E-state index contributed by atoms with van der Waals surface area (Å²) in [5.41, 5.74) is 0.843. The second-order valence-corrected chi connectivity index (χ2v) is 11.2. The van der Waals surface area contributed by atoms with Gasteiger partial charge in [0.1, 0.15) is 0 Å². The zero-order valence-electron chi connectivity index (χ0n) is 20.0. The summed E-state index contributed by atoms with van der Waals surface area (Å²) in [7, 11) is -8.03. The number of sulfonamides is 2. The summed E-state index contributed by atoms with van der Waals surface area (Å²) < 4.78 is 51.8. The molecular formula is C24H22N4O8S2. The van der Waals surface area contributed by atoms with Gasteiger partial charge in [0.05, 0.1) is 9.79 Å². The van der Waals surface area contributed by atoms with Gasteiger partial charge in [0.15, 0.2) is 0 Å². The van der Waals surface area contributed by atoms with E-state index in [1.165, 1.54) is 72.8 Å². The lowest BCUT2D eigenvalue weighted by Gasteiger charge is -2.10. The van der Waals surface area contributed by atoms with Crippen molar-refractivity contribution >= 4 is 55.1 Å². The van der Waals surface area contributed by atoms with Crippen LogP contribution in [0.3, 0.4) is 0 Å². The van der Waals surface area contributed by atoms with E-state index in [9.17, 15) is 36.0 Å². The molecule has 3 aromatic carbocycles. The highest BCUT2D eigenvalue weighted by Crippen LogP contribution is 2.17. The number of carbonyl (C=O) groups excluding carboxylic acids is 4. The predicted octanol–water partition coefficient (Wildman–Crippen LogP) is 1.84. The first-order valence-corrected chi connectivity index (χ1v) is 13.7. The van der Waals surface area contributed by atoms with Gasteiger partial charge in [0.25, 0.3) is 31.9 Å². The van der Waals surface area contributed by atoms with E-state index in [1.807, 2.05) is 9.44 Å². The average molecular weight is 559 g/mol. The Kier molecular flexibility index (Phi) is 8.28. The SMILES string of the molecule is CC(=O)NS(=O)(=O)c1ccc(NC(=O)c2cccc(C(=O)Nc3ccc(S(=O)(=O)NC(C)=O)cc3)c2)cc1. The Hall–Kier alpha value is -4.56. The maximum absolute atomic E-state index is 12.7. The van der Waals surface area contributed by atoms with E-state index in [2.05, 4.69) is 10.6 Å². The molecule has 0 aromatic heterocycles. The molecule has 3 rings (SSSR count). The number of hydrogen-bond acceptors (Lipinski definition) is 8. The topological polar surface area (TPSA) is 185 Å². The molecule has 0 fully saturated rings.